The maximum atomic E-state index is 12.4. The highest BCUT2D eigenvalue weighted by molar-refractivity contribution is 5.95. The van der Waals surface area contributed by atoms with E-state index < -0.39 is 0 Å². The van der Waals surface area contributed by atoms with E-state index in [4.69, 9.17) is 5.73 Å². The zero-order valence-corrected chi connectivity index (χ0v) is 12.4. The Bertz CT molecular complexity index is 532. The molecule has 0 aliphatic carbocycles. The van der Waals surface area contributed by atoms with Crippen molar-refractivity contribution in [2.75, 3.05) is 18.4 Å². The lowest BCUT2D eigenvalue weighted by molar-refractivity contribution is -0.132. The molecule has 1 aliphatic heterocycles. The van der Waals surface area contributed by atoms with Crippen LogP contribution in [-0.2, 0) is 16.1 Å². The van der Waals surface area contributed by atoms with Crippen molar-refractivity contribution in [2.24, 2.45) is 5.73 Å². The van der Waals surface area contributed by atoms with Crippen molar-refractivity contribution in [2.45, 2.75) is 32.5 Å². The number of nitrogens with two attached hydrogens (primary N) is 1. The average Bonchev–Trinajstić information content (AvgIpc) is 2.50. The van der Waals surface area contributed by atoms with Crippen LogP contribution in [-0.4, -0.2) is 41.9 Å². The Kier molecular flexibility index (Phi) is 4.93. The van der Waals surface area contributed by atoms with Crippen molar-refractivity contribution in [3.8, 4) is 0 Å². The Morgan fingerprint density at radius 2 is 2.24 bits per heavy atom. The van der Waals surface area contributed by atoms with Crippen LogP contribution in [0.4, 0.5) is 5.69 Å². The van der Waals surface area contributed by atoms with Gasteiger partial charge in [0.2, 0.25) is 11.8 Å². The summed E-state index contributed by atoms with van der Waals surface area (Å²) in [7, 11) is 0. The second-order valence-electron chi connectivity index (χ2n) is 5.23. The lowest BCUT2D eigenvalue weighted by Crippen LogP contribution is -2.59. The number of nitrogens with zero attached hydrogens (tertiary/aromatic N) is 1. The lowest BCUT2D eigenvalue weighted by atomic mass is 10.1. The maximum Gasteiger partial charge on any atom is 0.241 e. The first-order valence-corrected chi connectivity index (χ1v) is 7.17. The molecule has 6 heteroatoms. The molecule has 2 unspecified atom stereocenters. The number of amides is 2. The fourth-order valence-corrected chi connectivity index (χ4v) is 2.54. The number of nitrogens with one attached hydrogen (secondary N) is 2. The number of piperazine rings is 1. The SMILES string of the molecule is CC1C(=O)NCCN1C(C)C(=O)Nc1ccccc1CN. The molecule has 1 aromatic rings. The first-order valence-electron chi connectivity index (χ1n) is 7.17. The number of hydrogen-bond donors (Lipinski definition) is 3. The standard InChI is InChI=1S/C15H22N4O2/c1-10-14(20)17-7-8-19(10)11(2)15(21)18-13-6-4-3-5-12(13)9-16/h3-6,10-11H,7-9,16H2,1-2H3,(H,17,20)(H,18,21). The average molecular weight is 290 g/mol. The summed E-state index contributed by atoms with van der Waals surface area (Å²) in [6, 6.07) is 6.78. The Labute approximate surface area is 124 Å². The summed E-state index contributed by atoms with van der Waals surface area (Å²) in [4.78, 5) is 26.0. The molecule has 6 nitrogen and oxygen atoms in total. The molecule has 1 saturated heterocycles. The van der Waals surface area contributed by atoms with Gasteiger partial charge in [0, 0.05) is 25.3 Å². The van der Waals surface area contributed by atoms with Crippen LogP contribution >= 0.6 is 0 Å². The van der Waals surface area contributed by atoms with E-state index in [0.717, 1.165) is 11.3 Å². The fourth-order valence-electron chi connectivity index (χ4n) is 2.54. The summed E-state index contributed by atoms with van der Waals surface area (Å²) in [5.74, 6) is -0.166. The summed E-state index contributed by atoms with van der Waals surface area (Å²) in [5, 5.41) is 5.70. The van der Waals surface area contributed by atoms with E-state index in [2.05, 4.69) is 10.6 Å². The largest absolute Gasteiger partial charge is 0.353 e. The summed E-state index contributed by atoms with van der Waals surface area (Å²) in [6.45, 7) is 5.23. The van der Waals surface area contributed by atoms with E-state index in [1.807, 2.05) is 43.0 Å². The van der Waals surface area contributed by atoms with Crippen LogP contribution in [0.15, 0.2) is 24.3 Å². The van der Waals surface area contributed by atoms with Gasteiger partial charge in [-0.25, -0.2) is 0 Å². The van der Waals surface area contributed by atoms with Gasteiger partial charge >= 0.3 is 0 Å². The van der Waals surface area contributed by atoms with E-state index in [1.165, 1.54) is 0 Å². The van der Waals surface area contributed by atoms with E-state index in [9.17, 15) is 9.59 Å². The van der Waals surface area contributed by atoms with E-state index in [1.54, 1.807) is 0 Å². The van der Waals surface area contributed by atoms with E-state index in [-0.39, 0.29) is 23.9 Å². The minimum Gasteiger partial charge on any atom is -0.353 e. The topological polar surface area (TPSA) is 87.5 Å². The Hall–Kier alpha value is -1.92. The number of benzene rings is 1. The molecular formula is C15H22N4O2. The van der Waals surface area contributed by atoms with Crippen LogP contribution in [0.25, 0.3) is 0 Å². The maximum absolute atomic E-state index is 12.4. The molecule has 2 rings (SSSR count). The molecule has 0 bridgehead atoms. The predicted molar refractivity (Wildman–Crippen MR) is 81.6 cm³/mol. The van der Waals surface area contributed by atoms with Gasteiger partial charge in [0.1, 0.15) is 0 Å². The smallest absolute Gasteiger partial charge is 0.241 e. The number of hydrogen-bond acceptors (Lipinski definition) is 4. The predicted octanol–water partition coefficient (Wildman–Crippen LogP) is 0.293. The summed E-state index contributed by atoms with van der Waals surface area (Å²) < 4.78 is 0. The van der Waals surface area contributed by atoms with Crippen LogP contribution in [0.1, 0.15) is 19.4 Å². The van der Waals surface area contributed by atoms with Crippen LogP contribution in [0.5, 0.6) is 0 Å². The van der Waals surface area contributed by atoms with Crippen LogP contribution < -0.4 is 16.4 Å². The quantitative estimate of drug-likeness (QED) is 0.744. The first kappa shape index (κ1) is 15.5. The first-order chi connectivity index (χ1) is 10.0. The molecule has 4 N–H and O–H groups in total. The molecule has 0 saturated carbocycles. The molecule has 0 spiro atoms. The number of carbonyl (C=O) groups excluding carboxylic acids is 2. The Morgan fingerprint density at radius 3 is 2.95 bits per heavy atom. The van der Waals surface area contributed by atoms with Crippen molar-refractivity contribution >= 4 is 17.5 Å². The number of para-hydroxylation sites is 1. The van der Waals surface area contributed by atoms with E-state index >= 15 is 0 Å². The van der Waals surface area contributed by atoms with Gasteiger partial charge in [-0.1, -0.05) is 18.2 Å². The van der Waals surface area contributed by atoms with Crippen molar-refractivity contribution in [3.05, 3.63) is 29.8 Å². The second kappa shape index (κ2) is 6.69. The van der Waals surface area contributed by atoms with Crippen LogP contribution in [0.3, 0.4) is 0 Å². The second-order valence-corrected chi connectivity index (χ2v) is 5.23. The zero-order chi connectivity index (χ0) is 15.4. The number of rotatable bonds is 4. The minimum atomic E-state index is -0.378. The molecule has 2 amide bonds. The molecule has 0 radical (unpaired) electrons. The molecule has 1 fully saturated rings. The molecule has 0 aromatic heterocycles. The van der Waals surface area contributed by atoms with Gasteiger partial charge in [-0.05, 0) is 25.5 Å². The number of carbonyl (C=O) groups is 2. The van der Waals surface area contributed by atoms with Gasteiger partial charge in [-0.15, -0.1) is 0 Å². The van der Waals surface area contributed by atoms with Gasteiger partial charge in [-0.3, -0.25) is 14.5 Å². The molecule has 114 valence electrons. The summed E-state index contributed by atoms with van der Waals surface area (Å²) >= 11 is 0. The van der Waals surface area contributed by atoms with Crippen LogP contribution in [0, 0.1) is 0 Å². The van der Waals surface area contributed by atoms with Gasteiger partial charge in [0.05, 0.1) is 12.1 Å². The third kappa shape index (κ3) is 3.40. The third-order valence-corrected chi connectivity index (χ3v) is 3.92. The molecule has 1 aliphatic rings. The summed E-state index contributed by atoms with van der Waals surface area (Å²) in [6.07, 6.45) is 0. The van der Waals surface area contributed by atoms with Crippen LogP contribution in [0.2, 0.25) is 0 Å². The molecular weight excluding hydrogens is 268 g/mol. The lowest BCUT2D eigenvalue weighted by Gasteiger charge is -2.36. The van der Waals surface area contributed by atoms with E-state index in [0.29, 0.717) is 19.6 Å². The highest BCUT2D eigenvalue weighted by Crippen LogP contribution is 2.16. The Balaban J connectivity index is 2.07. The van der Waals surface area contributed by atoms with Gasteiger partial charge in [-0.2, -0.15) is 0 Å². The fraction of sp³-hybridized carbons (Fsp3) is 0.467. The van der Waals surface area contributed by atoms with Crippen molar-refractivity contribution in [1.82, 2.24) is 10.2 Å². The highest BCUT2D eigenvalue weighted by atomic mass is 16.2. The van der Waals surface area contributed by atoms with Gasteiger partial charge < -0.3 is 16.4 Å². The van der Waals surface area contributed by atoms with Crippen molar-refractivity contribution in [3.63, 3.8) is 0 Å². The highest BCUT2D eigenvalue weighted by Gasteiger charge is 2.32. The van der Waals surface area contributed by atoms with Gasteiger partial charge in [0.15, 0.2) is 0 Å². The molecule has 21 heavy (non-hydrogen) atoms. The zero-order valence-electron chi connectivity index (χ0n) is 12.4. The molecule has 1 heterocycles. The normalized spacial score (nSPS) is 20.7. The Morgan fingerprint density at radius 1 is 1.52 bits per heavy atom. The number of anilines is 1. The monoisotopic (exact) mass is 290 g/mol. The van der Waals surface area contributed by atoms with Gasteiger partial charge in [0.25, 0.3) is 0 Å². The molecule has 1 aromatic carbocycles. The molecule has 2 atom stereocenters. The third-order valence-electron chi connectivity index (χ3n) is 3.92. The summed E-state index contributed by atoms with van der Waals surface area (Å²) in [5.41, 5.74) is 7.29. The minimum absolute atomic E-state index is 0.0386. The van der Waals surface area contributed by atoms with Crippen molar-refractivity contribution < 1.29 is 9.59 Å². The van der Waals surface area contributed by atoms with Crippen molar-refractivity contribution in [1.29, 1.82) is 0 Å².